The Morgan fingerprint density at radius 2 is 2.20 bits per heavy atom. The highest BCUT2D eigenvalue weighted by Gasteiger charge is 1.94. The molecule has 0 unspecified atom stereocenters. The average molecular weight is 264 g/mol. The van der Waals surface area contributed by atoms with Gasteiger partial charge in [-0.25, -0.2) is 0 Å². The van der Waals surface area contributed by atoms with Gasteiger partial charge in [0, 0.05) is 8.59 Å². The summed E-state index contributed by atoms with van der Waals surface area (Å²) >= 11 is 8.07. The molecular formula is C8H6ClI. The van der Waals surface area contributed by atoms with E-state index in [1.807, 2.05) is 18.2 Å². The molecule has 52 valence electrons. The summed E-state index contributed by atoms with van der Waals surface area (Å²) in [5, 5.41) is 0.766. The normalized spacial score (nSPS) is 9.40. The van der Waals surface area contributed by atoms with Crippen LogP contribution in [0.25, 0.3) is 6.08 Å². The molecule has 0 aromatic heterocycles. The van der Waals surface area contributed by atoms with Gasteiger partial charge in [0.1, 0.15) is 0 Å². The van der Waals surface area contributed by atoms with Gasteiger partial charge in [-0.2, -0.15) is 0 Å². The molecule has 0 heterocycles. The smallest absolute Gasteiger partial charge is 0.0488 e. The Hall–Kier alpha value is -0.0200. The second-order valence-electron chi connectivity index (χ2n) is 1.87. The topological polar surface area (TPSA) is 0 Å². The van der Waals surface area contributed by atoms with Gasteiger partial charge in [-0.15, -0.1) is 0 Å². The molecule has 0 aliphatic carbocycles. The lowest BCUT2D eigenvalue weighted by atomic mass is 10.2. The van der Waals surface area contributed by atoms with Crippen LogP contribution in [-0.4, -0.2) is 0 Å². The molecule has 0 saturated heterocycles. The SMILES string of the molecule is C=Cc1ccc(I)cc1Cl. The summed E-state index contributed by atoms with van der Waals surface area (Å²) in [6, 6.07) is 5.87. The Balaban J connectivity index is 3.19. The molecule has 0 bridgehead atoms. The van der Waals surface area contributed by atoms with Crippen LogP contribution in [0.2, 0.25) is 5.02 Å². The van der Waals surface area contributed by atoms with Crippen LogP contribution in [0.15, 0.2) is 24.8 Å². The number of rotatable bonds is 1. The second kappa shape index (κ2) is 3.39. The highest BCUT2D eigenvalue weighted by Crippen LogP contribution is 2.19. The zero-order valence-corrected chi connectivity index (χ0v) is 8.19. The van der Waals surface area contributed by atoms with Crippen molar-refractivity contribution >= 4 is 40.3 Å². The maximum absolute atomic E-state index is 5.85. The van der Waals surface area contributed by atoms with Gasteiger partial charge < -0.3 is 0 Å². The summed E-state index contributed by atoms with van der Waals surface area (Å²) in [6.07, 6.45) is 1.75. The lowest BCUT2D eigenvalue weighted by Gasteiger charge is -1.96. The molecule has 0 aliphatic rings. The van der Waals surface area contributed by atoms with Gasteiger partial charge in [-0.05, 0) is 40.3 Å². The summed E-state index contributed by atoms with van der Waals surface area (Å²) in [4.78, 5) is 0. The summed E-state index contributed by atoms with van der Waals surface area (Å²) in [5.41, 5.74) is 0.988. The molecule has 0 amide bonds. The number of hydrogen-bond acceptors (Lipinski definition) is 0. The minimum Gasteiger partial charge on any atom is -0.0984 e. The third-order valence-electron chi connectivity index (χ3n) is 1.18. The Morgan fingerprint density at radius 3 is 2.70 bits per heavy atom. The van der Waals surface area contributed by atoms with Gasteiger partial charge in [-0.3, -0.25) is 0 Å². The molecular weight excluding hydrogens is 258 g/mol. The summed E-state index contributed by atoms with van der Waals surface area (Å²) < 4.78 is 1.15. The lowest BCUT2D eigenvalue weighted by molar-refractivity contribution is 1.61. The van der Waals surface area contributed by atoms with E-state index < -0.39 is 0 Å². The lowest BCUT2D eigenvalue weighted by Crippen LogP contribution is -1.75. The predicted octanol–water partition coefficient (Wildman–Crippen LogP) is 3.59. The molecule has 1 aromatic carbocycles. The van der Waals surface area contributed by atoms with Crippen molar-refractivity contribution in [3.8, 4) is 0 Å². The Bertz CT molecular complexity index is 255. The molecule has 1 rings (SSSR count). The molecule has 10 heavy (non-hydrogen) atoms. The molecule has 0 aliphatic heterocycles. The Morgan fingerprint density at radius 1 is 1.50 bits per heavy atom. The van der Waals surface area contributed by atoms with Gasteiger partial charge in [0.05, 0.1) is 0 Å². The minimum atomic E-state index is 0.766. The standard InChI is InChI=1S/C8H6ClI/c1-2-6-3-4-7(10)5-8(6)9/h2-5H,1H2. The number of halogens is 2. The zero-order chi connectivity index (χ0) is 7.56. The van der Waals surface area contributed by atoms with Crippen molar-refractivity contribution in [1.29, 1.82) is 0 Å². The first-order valence-corrected chi connectivity index (χ1v) is 4.27. The van der Waals surface area contributed by atoms with Crippen LogP contribution in [0.4, 0.5) is 0 Å². The van der Waals surface area contributed by atoms with Gasteiger partial charge in [0.25, 0.3) is 0 Å². The largest absolute Gasteiger partial charge is 0.0984 e. The Kier molecular flexibility index (Phi) is 2.74. The van der Waals surface area contributed by atoms with Crippen LogP contribution in [0.1, 0.15) is 5.56 Å². The van der Waals surface area contributed by atoms with E-state index in [0.29, 0.717) is 0 Å². The fourth-order valence-corrected chi connectivity index (χ4v) is 1.60. The maximum Gasteiger partial charge on any atom is 0.0488 e. The van der Waals surface area contributed by atoms with Crippen molar-refractivity contribution in [1.82, 2.24) is 0 Å². The van der Waals surface area contributed by atoms with Gasteiger partial charge >= 0.3 is 0 Å². The van der Waals surface area contributed by atoms with Crippen molar-refractivity contribution in [2.75, 3.05) is 0 Å². The highest BCUT2D eigenvalue weighted by atomic mass is 127. The molecule has 0 saturated carbocycles. The van der Waals surface area contributed by atoms with Crippen LogP contribution in [0.3, 0.4) is 0 Å². The molecule has 0 radical (unpaired) electrons. The van der Waals surface area contributed by atoms with Gasteiger partial charge in [0.15, 0.2) is 0 Å². The van der Waals surface area contributed by atoms with Crippen LogP contribution >= 0.6 is 34.2 Å². The monoisotopic (exact) mass is 264 g/mol. The van der Waals surface area contributed by atoms with Crippen LogP contribution in [0.5, 0.6) is 0 Å². The molecule has 2 heteroatoms. The Labute approximate surface area is 79.0 Å². The molecule has 1 aromatic rings. The quantitative estimate of drug-likeness (QED) is 0.680. The van der Waals surface area contributed by atoms with Crippen molar-refractivity contribution < 1.29 is 0 Å². The summed E-state index contributed by atoms with van der Waals surface area (Å²) in [7, 11) is 0. The molecule has 0 fully saturated rings. The maximum atomic E-state index is 5.85. The number of benzene rings is 1. The van der Waals surface area contributed by atoms with E-state index in [2.05, 4.69) is 29.2 Å². The predicted molar refractivity (Wildman–Crippen MR) is 54.3 cm³/mol. The van der Waals surface area contributed by atoms with E-state index in [4.69, 9.17) is 11.6 Å². The van der Waals surface area contributed by atoms with Crippen molar-refractivity contribution in [2.24, 2.45) is 0 Å². The van der Waals surface area contributed by atoms with E-state index >= 15 is 0 Å². The third kappa shape index (κ3) is 1.73. The number of hydrogen-bond donors (Lipinski definition) is 0. The molecule has 0 N–H and O–H groups in total. The van der Waals surface area contributed by atoms with Crippen molar-refractivity contribution in [3.05, 3.63) is 38.9 Å². The van der Waals surface area contributed by atoms with Crippen LogP contribution < -0.4 is 0 Å². The van der Waals surface area contributed by atoms with Crippen molar-refractivity contribution in [2.45, 2.75) is 0 Å². The summed E-state index contributed by atoms with van der Waals surface area (Å²) in [5.74, 6) is 0. The fourth-order valence-electron chi connectivity index (χ4n) is 0.667. The first-order chi connectivity index (χ1) is 4.74. The third-order valence-corrected chi connectivity index (χ3v) is 2.18. The summed E-state index contributed by atoms with van der Waals surface area (Å²) in [6.45, 7) is 3.63. The van der Waals surface area contributed by atoms with Gasteiger partial charge in [0.2, 0.25) is 0 Å². The van der Waals surface area contributed by atoms with E-state index in [-0.39, 0.29) is 0 Å². The van der Waals surface area contributed by atoms with Crippen molar-refractivity contribution in [3.63, 3.8) is 0 Å². The van der Waals surface area contributed by atoms with Gasteiger partial charge in [-0.1, -0.05) is 30.3 Å². The second-order valence-corrected chi connectivity index (χ2v) is 3.52. The van der Waals surface area contributed by atoms with E-state index in [9.17, 15) is 0 Å². The van der Waals surface area contributed by atoms with E-state index in [1.165, 1.54) is 0 Å². The average Bonchev–Trinajstić information content (AvgIpc) is 1.88. The van der Waals surface area contributed by atoms with Crippen LogP contribution in [-0.2, 0) is 0 Å². The van der Waals surface area contributed by atoms with Crippen LogP contribution in [0, 0.1) is 3.57 Å². The first kappa shape index (κ1) is 8.08. The molecule has 0 nitrogen and oxygen atoms in total. The van der Waals surface area contributed by atoms with E-state index in [0.717, 1.165) is 14.2 Å². The van der Waals surface area contributed by atoms with E-state index in [1.54, 1.807) is 6.08 Å². The fraction of sp³-hybridized carbons (Fsp3) is 0. The highest BCUT2D eigenvalue weighted by molar-refractivity contribution is 14.1. The molecule has 0 spiro atoms. The minimum absolute atomic E-state index is 0.766. The zero-order valence-electron chi connectivity index (χ0n) is 5.27. The molecule has 0 atom stereocenters. The first-order valence-electron chi connectivity index (χ1n) is 2.81.